The molecule has 0 N–H and O–H groups in total. The van der Waals surface area contributed by atoms with E-state index >= 15 is 0 Å². The van der Waals surface area contributed by atoms with E-state index in [1.54, 1.807) is 24.3 Å². The Morgan fingerprint density at radius 1 is 1.20 bits per heavy atom. The van der Waals surface area contributed by atoms with Gasteiger partial charge < -0.3 is 4.89 Å². The van der Waals surface area contributed by atoms with Gasteiger partial charge in [0.2, 0.25) is 0 Å². The summed E-state index contributed by atoms with van der Waals surface area (Å²) in [5.74, 6) is -0.572. The Hall–Kier alpha value is -2.09. The quantitative estimate of drug-likeness (QED) is 0.626. The number of rotatable bonds is 5. The predicted octanol–water partition coefficient (Wildman–Crippen LogP) is 2.48. The van der Waals surface area contributed by atoms with Crippen molar-refractivity contribution in [2.45, 2.75) is 19.1 Å². The first kappa shape index (κ1) is 14.3. The maximum atomic E-state index is 12.3. The van der Waals surface area contributed by atoms with Crippen molar-refractivity contribution < 1.29 is 22.9 Å². The highest BCUT2D eigenvalue weighted by Crippen LogP contribution is 2.25. The van der Waals surface area contributed by atoms with Gasteiger partial charge >= 0.3 is 6.18 Å². The molecule has 0 atom stereocenters. The second-order valence-corrected chi connectivity index (χ2v) is 3.97. The van der Waals surface area contributed by atoms with E-state index in [-0.39, 0.29) is 0 Å². The summed E-state index contributed by atoms with van der Waals surface area (Å²) in [6.45, 7) is 0.313. The molecule has 0 aliphatic rings. The van der Waals surface area contributed by atoms with E-state index in [1.807, 2.05) is 0 Å². The molecule has 0 spiro atoms. The summed E-state index contributed by atoms with van der Waals surface area (Å²) in [6, 6.07) is 7.02. The zero-order valence-corrected chi connectivity index (χ0v) is 10.6. The van der Waals surface area contributed by atoms with Crippen LogP contribution in [0.1, 0.15) is 11.4 Å². The fourth-order valence-corrected chi connectivity index (χ4v) is 1.58. The molecule has 0 saturated heterocycles. The zero-order valence-electron chi connectivity index (χ0n) is 10.6. The van der Waals surface area contributed by atoms with Crippen molar-refractivity contribution in [1.29, 1.82) is 0 Å². The molecule has 0 fully saturated rings. The van der Waals surface area contributed by atoms with Gasteiger partial charge in [-0.2, -0.15) is 18.1 Å². The molecule has 1 aromatic heterocycles. The topological polar surface area (TPSA) is 49.2 Å². The molecule has 0 aliphatic heterocycles. The summed E-state index contributed by atoms with van der Waals surface area (Å²) in [6.07, 6.45) is -2.90. The summed E-state index contributed by atoms with van der Waals surface area (Å²) < 4.78 is 38.1. The van der Waals surface area contributed by atoms with Gasteiger partial charge in [-0.3, -0.25) is 4.68 Å². The van der Waals surface area contributed by atoms with E-state index in [1.165, 1.54) is 11.8 Å². The molecule has 108 valence electrons. The number of hydrogen-bond acceptors (Lipinski definition) is 4. The molecule has 0 bridgehead atoms. The summed E-state index contributed by atoms with van der Waals surface area (Å²) in [4.78, 5) is 12.5. The molecule has 0 amide bonds. The number of nitrogens with zero attached hydrogens (tertiary/aromatic N) is 3. The van der Waals surface area contributed by atoms with Gasteiger partial charge in [-0.1, -0.05) is 12.1 Å². The van der Waals surface area contributed by atoms with Gasteiger partial charge in [-0.25, -0.2) is 4.98 Å². The lowest BCUT2D eigenvalue weighted by Crippen LogP contribution is -2.09. The number of hydrogen-bond donors (Lipinski definition) is 0. The third-order valence-corrected chi connectivity index (χ3v) is 2.52. The zero-order chi connectivity index (χ0) is 14.6. The van der Waals surface area contributed by atoms with Crippen molar-refractivity contribution >= 4 is 0 Å². The van der Waals surface area contributed by atoms with Crippen LogP contribution in [0.4, 0.5) is 13.2 Å². The van der Waals surface area contributed by atoms with Crippen LogP contribution >= 0.6 is 0 Å². The lowest BCUT2D eigenvalue weighted by Gasteiger charge is -2.04. The molecule has 20 heavy (non-hydrogen) atoms. The monoisotopic (exact) mass is 287 g/mol. The van der Waals surface area contributed by atoms with Crippen LogP contribution in [0.2, 0.25) is 0 Å². The fourth-order valence-electron chi connectivity index (χ4n) is 1.58. The van der Waals surface area contributed by atoms with Crippen LogP contribution in [-0.2, 0) is 24.0 Å². The van der Waals surface area contributed by atoms with Gasteiger partial charge in [-0.15, -0.1) is 5.10 Å². The first-order valence-electron chi connectivity index (χ1n) is 5.75. The maximum absolute atomic E-state index is 12.3. The van der Waals surface area contributed by atoms with Crippen molar-refractivity contribution in [3.63, 3.8) is 0 Å². The summed E-state index contributed by atoms with van der Waals surface area (Å²) >= 11 is 0. The Morgan fingerprint density at radius 3 is 2.45 bits per heavy atom. The first-order chi connectivity index (χ1) is 9.49. The Kier molecular flexibility index (Phi) is 4.23. The summed E-state index contributed by atoms with van der Waals surface area (Å²) in [7, 11) is 1.40. The van der Waals surface area contributed by atoms with E-state index < -0.39 is 12.0 Å². The molecule has 1 aromatic carbocycles. The van der Waals surface area contributed by atoms with Crippen LogP contribution in [0, 0.1) is 0 Å². The molecular weight excluding hydrogens is 275 g/mol. The van der Waals surface area contributed by atoms with Gasteiger partial charge in [0.25, 0.3) is 5.82 Å². The van der Waals surface area contributed by atoms with Gasteiger partial charge in [0, 0.05) is 6.54 Å². The predicted molar refractivity (Wildman–Crippen MR) is 62.8 cm³/mol. The maximum Gasteiger partial charge on any atom is 0.453 e. The number of halogens is 3. The molecule has 2 aromatic rings. The number of benzene rings is 1. The van der Waals surface area contributed by atoms with Crippen molar-refractivity contribution in [2.24, 2.45) is 0 Å². The van der Waals surface area contributed by atoms with E-state index in [0.29, 0.717) is 18.7 Å². The average Bonchev–Trinajstić information content (AvgIpc) is 2.87. The minimum atomic E-state index is -4.51. The van der Waals surface area contributed by atoms with Gasteiger partial charge in [-0.05, 0) is 24.1 Å². The minimum absolute atomic E-state index is 0.313. The second-order valence-electron chi connectivity index (χ2n) is 3.97. The molecule has 1 heterocycles. The third kappa shape index (κ3) is 3.70. The van der Waals surface area contributed by atoms with Gasteiger partial charge in [0.05, 0.1) is 7.11 Å². The summed E-state index contributed by atoms with van der Waals surface area (Å²) in [5.41, 5.74) is 0.942. The van der Waals surface area contributed by atoms with Crippen molar-refractivity contribution in [3.8, 4) is 5.75 Å². The Morgan fingerprint density at radius 2 is 1.90 bits per heavy atom. The van der Waals surface area contributed by atoms with E-state index in [4.69, 9.17) is 4.89 Å². The van der Waals surface area contributed by atoms with Crippen LogP contribution in [0.25, 0.3) is 0 Å². The van der Waals surface area contributed by atoms with Crippen LogP contribution in [0.5, 0.6) is 5.75 Å². The van der Waals surface area contributed by atoms with E-state index in [2.05, 4.69) is 15.0 Å². The van der Waals surface area contributed by atoms with Crippen molar-refractivity contribution in [2.75, 3.05) is 7.11 Å². The number of aromatic nitrogens is 3. The molecule has 2 rings (SSSR count). The Bertz CT molecular complexity index is 552. The fraction of sp³-hybridized carbons (Fsp3) is 0.333. The highest BCUT2D eigenvalue weighted by Gasteiger charge is 2.35. The largest absolute Gasteiger partial charge is 0.453 e. The second kappa shape index (κ2) is 5.91. The molecular formula is C12H12F3N3O2. The Labute approximate surface area is 112 Å². The standard InChI is InChI=1S/C12H12F3N3O2/c1-19-20-10-4-2-9(3-5-10)6-7-18-8-16-11(17-18)12(13,14)15/h2-5,8H,6-7H2,1H3. The highest BCUT2D eigenvalue weighted by atomic mass is 19.4. The first-order valence-corrected chi connectivity index (χ1v) is 5.75. The minimum Gasteiger partial charge on any atom is -0.338 e. The lowest BCUT2D eigenvalue weighted by molar-refractivity contribution is -0.178. The lowest BCUT2D eigenvalue weighted by atomic mass is 10.1. The smallest absolute Gasteiger partial charge is 0.338 e. The van der Waals surface area contributed by atoms with Crippen molar-refractivity contribution in [3.05, 3.63) is 42.0 Å². The van der Waals surface area contributed by atoms with E-state index in [9.17, 15) is 13.2 Å². The Balaban J connectivity index is 1.93. The molecule has 5 nitrogen and oxygen atoms in total. The van der Waals surface area contributed by atoms with Crippen LogP contribution in [-0.4, -0.2) is 21.9 Å². The van der Waals surface area contributed by atoms with E-state index in [0.717, 1.165) is 11.9 Å². The average molecular weight is 287 g/mol. The molecule has 0 radical (unpaired) electrons. The van der Waals surface area contributed by atoms with Crippen LogP contribution in [0.15, 0.2) is 30.6 Å². The van der Waals surface area contributed by atoms with Gasteiger partial charge in [0.15, 0.2) is 5.75 Å². The third-order valence-electron chi connectivity index (χ3n) is 2.52. The molecule has 0 saturated carbocycles. The SMILES string of the molecule is COOc1ccc(CCn2cnc(C(F)(F)F)n2)cc1. The number of aryl methyl sites for hydroxylation is 2. The van der Waals surface area contributed by atoms with Crippen LogP contribution < -0.4 is 4.89 Å². The summed E-state index contributed by atoms with van der Waals surface area (Å²) in [5, 5.41) is 3.38. The molecule has 0 aliphatic carbocycles. The van der Waals surface area contributed by atoms with Crippen molar-refractivity contribution in [1.82, 2.24) is 14.8 Å². The molecule has 0 unspecified atom stereocenters. The highest BCUT2D eigenvalue weighted by molar-refractivity contribution is 5.26. The van der Waals surface area contributed by atoms with Crippen LogP contribution in [0.3, 0.4) is 0 Å². The normalized spacial score (nSPS) is 11.6. The number of alkyl halides is 3. The molecule has 8 heteroatoms. The van der Waals surface area contributed by atoms with Gasteiger partial charge in [0.1, 0.15) is 6.33 Å².